The molecule has 1 aromatic carbocycles. The largest absolute Gasteiger partial charge is 0.356 e. The van der Waals surface area contributed by atoms with Crippen LogP contribution in [-0.2, 0) is 12.8 Å². The fourth-order valence-corrected chi connectivity index (χ4v) is 4.27. The molecule has 2 aliphatic heterocycles. The van der Waals surface area contributed by atoms with Gasteiger partial charge in [0, 0.05) is 33.2 Å². The number of hydrogen-bond donors (Lipinski definition) is 1. The average Bonchev–Trinajstić information content (AvgIpc) is 3.15. The topological polar surface area (TPSA) is 30.9 Å². The Bertz CT molecular complexity index is 566. The summed E-state index contributed by atoms with van der Waals surface area (Å²) >= 11 is 0. The molecule has 2 saturated heterocycles. The van der Waals surface area contributed by atoms with Gasteiger partial charge < -0.3 is 15.1 Å². The van der Waals surface area contributed by atoms with Crippen LogP contribution in [-0.4, -0.2) is 62.1 Å². The lowest BCUT2D eigenvalue weighted by atomic mass is 10.1. The van der Waals surface area contributed by atoms with Crippen LogP contribution in [0.15, 0.2) is 29.3 Å². The molecule has 2 fully saturated rings. The minimum atomic E-state index is 0. The number of aryl methyl sites for hydroxylation is 1. The lowest BCUT2D eigenvalue weighted by Gasteiger charge is -2.29. The molecule has 3 rings (SSSR count). The number of halogens is 1. The maximum Gasteiger partial charge on any atom is 0.193 e. The van der Waals surface area contributed by atoms with Crippen molar-refractivity contribution < 1.29 is 0 Å². The Morgan fingerprint density at radius 3 is 2.44 bits per heavy atom. The summed E-state index contributed by atoms with van der Waals surface area (Å²) in [7, 11) is 1.91. The zero-order chi connectivity index (χ0) is 18.2. The Balaban J connectivity index is 0.00000261. The van der Waals surface area contributed by atoms with Crippen molar-refractivity contribution in [1.29, 1.82) is 0 Å². The van der Waals surface area contributed by atoms with Crippen molar-refractivity contribution in [2.45, 2.75) is 45.4 Å². The van der Waals surface area contributed by atoms with E-state index in [0.29, 0.717) is 0 Å². The van der Waals surface area contributed by atoms with Gasteiger partial charge in [-0.05, 0) is 62.2 Å². The van der Waals surface area contributed by atoms with E-state index in [1.54, 1.807) is 0 Å². The van der Waals surface area contributed by atoms with Crippen LogP contribution in [0.4, 0.5) is 0 Å². The number of hydrogen-bond acceptors (Lipinski definition) is 2. The van der Waals surface area contributed by atoms with E-state index in [1.165, 1.54) is 56.4 Å². The SMILES string of the molecule is CCc1ccc(CCNC(=NC)N2CCC(CN3CCCCC3)C2)cc1.I. The Morgan fingerprint density at radius 2 is 1.78 bits per heavy atom. The number of nitrogens with one attached hydrogen (secondary N) is 1. The summed E-state index contributed by atoms with van der Waals surface area (Å²) in [6.45, 7) is 9.34. The van der Waals surface area contributed by atoms with E-state index in [2.05, 4.69) is 51.3 Å². The molecular weight excluding hydrogens is 447 g/mol. The molecule has 2 aliphatic rings. The molecule has 1 unspecified atom stereocenters. The predicted molar refractivity (Wildman–Crippen MR) is 126 cm³/mol. The van der Waals surface area contributed by atoms with Crippen molar-refractivity contribution >= 4 is 29.9 Å². The molecule has 1 atom stereocenters. The second kappa shape index (κ2) is 11.9. The highest BCUT2D eigenvalue weighted by Gasteiger charge is 2.26. The molecule has 27 heavy (non-hydrogen) atoms. The summed E-state index contributed by atoms with van der Waals surface area (Å²) in [5, 5.41) is 3.57. The summed E-state index contributed by atoms with van der Waals surface area (Å²) < 4.78 is 0. The number of aliphatic imine (C=N–C) groups is 1. The molecule has 1 aromatic rings. The van der Waals surface area contributed by atoms with E-state index >= 15 is 0 Å². The third-order valence-corrected chi connectivity index (χ3v) is 5.89. The second-order valence-corrected chi connectivity index (χ2v) is 7.86. The Morgan fingerprint density at radius 1 is 1.07 bits per heavy atom. The van der Waals surface area contributed by atoms with E-state index in [1.807, 2.05) is 7.05 Å². The fraction of sp³-hybridized carbons (Fsp3) is 0.682. The van der Waals surface area contributed by atoms with Crippen molar-refractivity contribution in [3.05, 3.63) is 35.4 Å². The highest BCUT2D eigenvalue weighted by Crippen LogP contribution is 2.19. The average molecular weight is 484 g/mol. The number of guanidine groups is 1. The molecule has 0 spiro atoms. The number of nitrogens with zero attached hydrogens (tertiary/aromatic N) is 3. The van der Waals surface area contributed by atoms with Crippen LogP contribution < -0.4 is 5.32 Å². The van der Waals surface area contributed by atoms with Gasteiger partial charge in [0.15, 0.2) is 5.96 Å². The molecule has 0 aromatic heterocycles. The Labute approximate surface area is 182 Å². The van der Waals surface area contributed by atoms with Gasteiger partial charge in [0.2, 0.25) is 0 Å². The summed E-state index contributed by atoms with van der Waals surface area (Å²) in [5.74, 6) is 1.88. The van der Waals surface area contributed by atoms with E-state index in [-0.39, 0.29) is 24.0 Å². The van der Waals surface area contributed by atoms with Gasteiger partial charge in [-0.25, -0.2) is 0 Å². The van der Waals surface area contributed by atoms with Gasteiger partial charge in [0.25, 0.3) is 0 Å². The molecule has 152 valence electrons. The fourth-order valence-electron chi connectivity index (χ4n) is 4.27. The quantitative estimate of drug-likeness (QED) is 0.379. The van der Waals surface area contributed by atoms with Crippen molar-refractivity contribution in [2.24, 2.45) is 10.9 Å². The van der Waals surface area contributed by atoms with Gasteiger partial charge >= 0.3 is 0 Å². The first-order valence-corrected chi connectivity index (χ1v) is 10.5. The minimum Gasteiger partial charge on any atom is -0.356 e. The van der Waals surface area contributed by atoms with Crippen LogP contribution >= 0.6 is 24.0 Å². The summed E-state index contributed by atoms with van der Waals surface area (Å²) in [6, 6.07) is 9.01. The Kier molecular flexibility index (Phi) is 9.90. The van der Waals surface area contributed by atoms with Crippen LogP contribution in [0.25, 0.3) is 0 Å². The molecule has 4 nitrogen and oxygen atoms in total. The van der Waals surface area contributed by atoms with Gasteiger partial charge in [-0.2, -0.15) is 0 Å². The number of rotatable bonds is 6. The maximum atomic E-state index is 4.53. The second-order valence-electron chi connectivity index (χ2n) is 7.86. The predicted octanol–water partition coefficient (Wildman–Crippen LogP) is 3.79. The summed E-state index contributed by atoms with van der Waals surface area (Å²) in [5.41, 5.74) is 2.81. The van der Waals surface area contributed by atoms with Crippen molar-refractivity contribution in [3.63, 3.8) is 0 Å². The number of likely N-dealkylation sites (tertiary alicyclic amines) is 2. The van der Waals surface area contributed by atoms with Crippen molar-refractivity contribution in [1.82, 2.24) is 15.1 Å². The molecule has 0 saturated carbocycles. The first-order valence-electron chi connectivity index (χ1n) is 10.5. The normalized spacial score (nSPS) is 21.2. The van der Waals surface area contributed by atoms with Crippen LogP contribution in [0.3, 0.4) is 0 Å². The van der Waals surface area contributed by atoms with Crippen molar-refractivity contribution in [2.75, 3.05) is 46.3 Å². The molecule has 2 heterocycles. The monoisotopic (exact) mass is 484 g/mol. The third kappa shape index (κ3) is 6.93. The lowest BCUT2D eigenvalue weighted by molar-refractivity contribution is 0.198. The molecular formula is C22H37IN4. The first-order chi connectivity index (χ1) is 12.8. The lowest BCUT2D eigenvalue weighted by Crippen LogP contribution is -2.41. The minimum absolute atomic E-state index is 0. The standard InChI is InChI=1S/C22H36N4.HI/c1-3-19-7-9-20(10-8-19)11-13-24-22(23-2)26-16-12-21(18-26)17-25-14-5-4-6-15-25;/h7-10,21H,3-6,11-18H2,1-2H3,(H,23,24);1H. The zero-order valence-corrected chi connectivity index (χ0v) is 19.5. The smallest absolute Gasteiger partial charge is 0.193 e. The third-order valence-electron chi connectivity index (χ3n) is 5.89. The van der Waals surface area contributed by atoms with Crippen LogP contribution in [0, 0.1) is 5.92 Å². The number of benzene rings is 1. The van der Waals surface area contributed by atoms with E-state index in [0.717, 1.165) is 44.4 Å². The first kappa shape index (κ1) is 22.5. The van der Waals surface area contributed by atoms with Gasteiger partial charge in [-0.15, -0.1) is 24.0 Å². The van der Waals surface area contributed by atoms with Crippen LogP contribution in [0.5, 0.6) is 0 Å². The summed E-state index contributed by atoms with van der Waals surface area (Å²) in [4.78, 5) is 9.66. The van der Waals surface area contributed by atoms with Gasteiger partial charge in [-0.1, -0.05) is 37.6 Å². The highest BCUT2D eigenvalue weighted by atomic mass is 127. The Hall–Kier alpha value is -0.820. The van der Waals surface area contributed by atoms with E-state index in [4.69, 9.17) is 0 Å². The van der Waals surface area contributed by atoms with Crippen LogP contribution in [0.1, 0.15) is 43.7 Å². The zero-order valence-electron chi connectivity index (χ0n) is 17.1. The molecule has 1 N–H and O–H groups in total. The molecule has 5 heteroatoms. The van der Waals surface area contributed by atoms with Crippen molar-refractivity contribution in [3.8, 4) is 0 Å². The van der Waals surface area contributed by atoms with E-state index in [9.17, 15) is 0 Å². The van der Waals surface area contributed by atoms with Gasteiger partial charge in [-0.3, -0.25) is 4.99 Å². The van der Waals surface area contributed by atoms with Crippen LogP contribution in [0.2, 0.25) is 0 Å². The molecule has 0 bridgehead atoms. The molecule has 0 amide bonds. The van der Waals surface area contributed by atoms with Gasteiger partial charge in [0.05, 0.1) is 0 Å². The van der Waals surface area contributed by atoms with E-state index < -0.39 is 0 Å². The van der Waals surface area contributed by atoms with Gasteiger partial charge in [0.1, 0.15) is 0 Å². The summed E-state index contributed by atoms with van der Waals surface area (Å²) in [6.07, 6.45) is 7.66. The number of piperidine rings is 1. The maximum absolute atomic E-state index is 4.53. The highest BCUT2D eigenvalue weighted by molar-refractivity contribution is 14.0. The molecule has 0 radical (unpaired) electrons. The molecule has 0 aliphatic carbocycles.